The molecule has 7 nitrogen and oxygen atoms in total. The molecule has 0 radical (unpaired) electrons. The second kappa shape index (κ2) is 7.93. The molecular formula is C13H18NO6P. The Hall–Kier alpha value is -1.69. The lowest BCUT2D eigenvalue weighted by molar-refractivity contribution is -0.118. The molecule has 0 aromatic heterocycles. The monoisotopic (exact) mass is 315 g/mol. The van der Waals surface area contributed by atoms with Crippen molar-refractivity contribution in [2.75, 3.05) is 20.4 Å². The van der Waals surface area contributed by atoms with Crippen LogP contribution in [0.15, 0.2) is 30.3 Å². The molecule has 1 rings (SSSR count). The summed E-state index contributed by atoms with van der Waals surface area (Å²) in [5.41, 5.74) is 0.786. The number of ketones is 1. The first-order chi connectivity index (χ1) is 9.90. The summed E-state index contributed by atoms with van der Waals surface area (Å²) in [4.78, 5) is 23.0. The first-order valence-corrected chi connectivity index (χ1v) is 7.89. The number of benzene rings is 1. The van der Waals surface area contributed by atoms with Gasteiger partial charge in [0.05, 0.1) is 6.04 Å². The van der Waals surface area contributed by atoms with Crippen molar-refractivity contribution < 1.29 is 28.3 Å². The highest BCUT2D eigenvalue weighted by molar-refractivity contribution is 7.54. The fourth-order valence-corrected chi connectivity index (χ4v) is 2.76. The van der Waals surface area contributed by atoms with Gasteiger partial charge in [0.2, 0.25) is 0 Å². The number of hydrogen-bond acceptors (Lipinski definition) is 5. The van der Waals surface area contributed by atoms with E-state index in [0.29, 0.717) is 0 Å². The summed E-state index contributed by atoms with van der Waals surface area (Å²) < 4.78 is 21.4. The molecule has 1 aromatic carbocycles. The van der Waals surface area contributed by atoms with Crippen molar-refractivity contribution in [3.8, 4) is 0 Å². The summed E-state index contributed by atoms with van der Waals surface area (Å²) in [7, 11) is -1.17. The van der Waals surface area contributed by atoms with Gasteiger partial charge in [-0.1, -0.05) is 30.3 Å². The lowest BCUT2D eigenvalue weighted by Crippen LogP contribution is -2.43. The Morgan fingerprint density at radius 2 is 1.81 bits per heavy atom. The zero-order valence-electron chi connectivity index (χ0n) is 11.8. The van der Waals surface area contributed by atoms with E-state index in [-0.39, 0.29) is 6.42 Å². The summed E-state index contributed by atoms with van der Waals surface area (Å²) in [5, 5.41) is 11.0. The van der Waals surface area contributed by atoms with Gasteiger partial charge in [0, 0.05) is 14.2 Å². The third-order valence-corrected chi connectivity index (χ3v) is 4.69. The van der Waals surface area contributed by atoms with Gasteiger partial charge in [0.15, 0.2) is 5.78 Å². The van der Waals surface area contributed by atoms with E-state index in [1.54, 1.807) is 24.3 Å². The van der Waals surface area contributed by atoms with Crippen LogP contribution < -0.4 is 5.32 Å². The molecule has 0 saturated heterocycles. The van der Waals surface area contributed by atoms with Crippen molar-refractivity contribution in [1.29, 1.82) is 0 Å². The van der Waals surface area contributed by atoms with E-state index in [1.807, 2.05) is 6.07 Å². The average Bonchev–Trinajstić information content (AvgIpc) is 2.47. The SMILES string of the molecule is COP(=O)(CC(=O)C(Cc1ccccc1)NC(=O)O)OC. The molecule has 1 atom stereocenters. The van der Waals surface area contributed by atoms with Gasteiger partial charge in [-0.3, -0.25) is 9.36 Å². The fraction of sp³-hybridized carbons (Fsp3) is 0.385. The van der Waals surface area contributed by atoms with Crippen LogP contribution in [0.3, 0.4) is 0 Å². The molecule has 0 saturated carbocycles. The molecule has 1 amide bonds. The van der Waals surface area contributed by atoms with E-state index in [0.717, 1.165) is 5.56 Å². The van der Waals surface area contributed by atoms with Gasteiger partial charge in [-0.15, -0.1) is 0 Å². The summed E-state index contributed by atoms with van der Waals surface area (Å²) in [6.45, 7) is 0. The standard InChI is InChI=1S/C13H18NO6P/c1-19-21(18,20-2)9-12(15)11(14-13(16)17)8-10-6-4-3-5-7-10/h3-7,11,14H,8-9H2,1-2H3,(H,16,17). The smallest absolute Gasteiger partial charge is 0.405 e. The molecule has 0 aliphatic heterocycles. The second-order valence-corrected chi connectivity index (χ2v) is 6.56. The van der Waals surface area contributed by atoms with Gasteiger partial charge in [-0.2, -0.15) is 0 Å². The molecule has 116 valence electrons. The minimum atomic E-state index is -3.52. The minimum absolute atomic E-state index is 0.166. The van der Waals surface area contributed by atoms with E-state index in [9.17, 15) is 14.2 Å². The molecule has 8 heteroatoms. The number of carboxylic acid groups (broad SMARTS) is 1. The third kappa shape index (κ3) is 5.67. The highest BCUT2D eigenvalue weighted by atomic mass is 31.2. The minimum Gasteiger partial charge on any atom is -0.465 e. The maximum atomic E-state index is 12.2. The van der Waals surface area contributed by atoms with E-state index in [2.05, 4.69) is 5.32 Å². The topological polar surface area (TPSA) is 102 Å². The first kappa shape index (κ1) is 17.4. The third-order valence-electron chi connectivity index (χ3n) is 2.87. The Balaban J connectivity index is 2.84. The molecule has 0 aliphatic carbocycles. The predicted octanol–water partition coefficient (Wildman–Crippen LogP) is 1.92. The van der Waals surface area contributed by atoms with Crippen LogP contribution in [0, 0.1) is 0 Å². The number of Topliss-reactive ketones (excluding diaryl/α,β-unsaturated/α-hetero) is 1. The van der Waals surface area contributed by atoms with Crippen molar-refractivity contribution in [1.82, 2.24) is 5.32 Å². The van der Waals surface area contributed by atoms with Crippen molar-refractivity contribution >= 4 is 19.5 Å². The van der Waals surface area contributed by atoms with Crippen molar-refractivity contribution in [3.05, 3.63) is 35.9 Å². The molecule has 0 spiro atoms. The average molecular weight is 315 g/mol. The molecule has 1 aromatic rings. The van der Waals surface area contributed by atoms with Crippen LogP contribution in [0.5, 0.6) is 0 Å². The van der Waals surface area contributed by atoms with Gasteiger partial charge in [-0.25, -0.2) is 4.79 Å². The van der Waals surface area contributed by atoms with Crippen LogP contribution in [0.4, 0.5) is 4.79 Å². The van der Waals surface area contributed by atoms with E-state index < -0.39 is 31.7 Å². The molecule has 0 heterocycles. The van der Waals surface area contributed by atoms with Crippen LogP contribution in [0.1, 0.15) is 5.56 Å². The van der Waals surface area contributed by atoms with Crippen molar-refractivity contribution in [3.63, 3.8) is 0 Å². The Morgan fingerprint density at radius 1 is 1.24 bits per heavy atom. The number of rotatable bonds is 8. The van der Waals surface area contributed by atoms with E-state index in [4.69, 9.17) is 14.2 Å². The summed E-state index contributed by atoms with van der Waals surface area (Å²) in [6, 6.07) is 7.92. The maximum absolute atomic E-state index is 12.2. The number of carbonyl (C=O) groups is 2. The van der Waals surface area contributed by atoms with Crippen LogP contribution in [0.25, 0.3) is 0 Å². The maximum Gasteiger partial charge on any atom is 0.405 e. The number of nitrogens with one attached hydrogen (secondary N) is 1. The second-order valence-electron chi connectivity index (χ2n) is 4.29. The molecule has 21 heavy (non-hydrogen) atoms. The zero-order valence-corrected chi connectivity index (χ0v) is 12.7. The van der Waals surface area contributed by atoms with Crippen molar-refractivity contribution in [2.45, 2.75) is 12.5 Å². The van der Waals surface area contributed by atoms with Crippen molar-refractivity contribution in [2.24, 2.45) is 0 Å². The van der Waals surface area contributed by atoms with Crippen LogP contribution in [0.2, 0.25) is 0 Å². The van der Waals surface area contributed by atoms with Crippen LogP contribution >= 0.6 is 7.60 Å². The number of amides is 1. The fourth-order valence-electron chi connectivity index (χ4n) is 1.75. The van der Waals surface area contributed by atoms with Gasteiger partial charge < -0.3 is 19.5 Å². The van der Waals surface area contributed by atoms with Crippen LogP contribution in [-0.2, 0) is 24.8 Å². The molecule has 0 aliphatic rings. The highest BCUT2D eigenvalue weighted by Crippen LogP contribution is 2.46. The first-order valence-electron chi connectivity index (χ1n) is 6.17. The van der Waals surface area contributed by atoms with Gasteiger partial charge in [0.1, 0.15) is 6.16 Å². The van der Waals surface area contributed by atoms with Gasteiger partial charge in [0.25, 0.3) is 0 Å². The Bertz CT molecular complexity index is 525. The lowest BCUT2D eigenvalue weighted by atomic mass is 10.0. The molecular weight excluding hydrogens is 297 g/mol. The normalized spacial score (nSPS) is 12.7. The molecule has 0 fully saturated rings. The zero-order chi connectivity index (χ0) is 15.9. The molecule has 1 unspecified atom stereocenters. The highest BCUT2D eigenvalue weighted by Gasteiger charge is 2.31. The molecule has 0 bridgehead atoms. The Morgan fingerprint density at radius 3 is 2.29 bits per heavy atom. The Labute approximate surface area is 122 Å². The number of carbonyl (C=O) groups excluding carboxylic acids is 1. The number of hydrogen-bond donors (Lipinski definition) is 2. The summed E-state index contributed by atoms with van der Waals surface area (Å²) >= 11 is 0. The quantitative estimate of drug-likeness (QED) is 0.711. The van der Waals surface area contributed by atoms with Gasteiger partial charge in [-0.05, 0) is 12.0 Å². The Kier molecular flexibility index (Phi) is 6.55. The summed E-state index contributed by atoms with van der Waals surface area (Å²) in [6.07, 6.45) is -1.65. The van der Waals surface area contributed by atoms with Gasteiger partial charge >= 0.3 is 13.7 Å². The largest absolute Gasteiger partial charge is 0.465 e. The van der Waals surface area contributed by atoms with Crippen LogP contribution in [-0.4, -0.2) is 43.4 Å². The molecule has 2 N–H and O–H groups in total. The summed E-state index contributed by atoms with van der Waals surface area (Å²) in [5.74, 6) is -0.548. The van der Waals surface area contributed by atoms with E-state index >= 15 is 0 Å². The predicted molar refractivity (Wildman–Crippen MR) is 76.6 cm³/mol. The lowest BCUT2D eigenvalue weighted by Gasteiger charge is -2.19. The van der Waals surface area contributed by atoms with E-state index in [1.165, 1.54) is 14.2 Å².